The summed E-state index contributed by atoms with van der Waals surface area (Å²) in [5, 5.41) is 2.44. The Hall–Kier alpha value is -3.62. The van der Waals surface area contributed by atoms with Crippen molar-refractivity contribution in [2.75, 3.05) is 41.7 Å². The number of piperidine rings is 2. The minimum Gasteiger partial charge on any atom is -0.384 e. The second-order valence-electron chi connectivity index (χ2n) is 9.99. The first-order valence-electron chi connectivity index (χ1n) is 11.9. The number of aromatic nitrogens is 3. The van der Waals surface area contributed by atoms with Gasteiger partial charge in [0.1, 0.15) is 11.6 Å². The first kappa shape index (κ1) is 20.9. The smallest absolute Gasteiger partial charge is 0.237 e. The van der Waals surface area contributed by atoms with Crippen LogP contribution in [-0.4, -0.2) is 52.5 Å². The first-order chi connectivity index (χ1) is 16.4. The standard InChI is InChI=1S/C25H29N7O2/c1-30-20-12-16(2-5-19(20)28-23(30)18-4-7-22(33)29-24(18)34)32-14-25(15-32)8-10-31(11-9-25)17-3-6-21(26)27-13-17/h2-3,5-6,12-13,18H,4,7-11,14-15H2,1H3,(H2,26,27)(H,29,33,34). The van der Waals surface area contributed by atoms with E-state index in [1.165, 1.54) is 18.5 Å². The molecule has 0 radical (unpaired) electrons. The number of pyridine rings is 1. The van der Waals surface area contributed by atoms with Gasteiger partial charge in [0, 0.05) is 50.7 Å². The Balaban J connectivity index is 1.14. The number of nitrogens with one attached hydrogen (secondary N) is 1. The van der Waals surface area contributed by atoms with Gasteiger partial charge < -0.3 is 20.1 Å². The van der Waals surface area contributed by atoms with Crippen LogP contribution in [0.4, 0.5) is 17.2 Å². The quantitative estimate of drug-likeness (QED) is 0.578. The zero-order chi connectivity index (χ0) is 23.4. The summed E-state index contributed by atoms with van der Waals surface area (Å²) in [4.78, 5) is 37.7. The Morgan fingerprint density at radius 2 is 1.82 bits per heavy atom. The predicted octanol–water partition coefficient (Wildman–Crippen LogP) is 2.18. The molecule has 0 saturated carbocycles. The molecule has 1 spiro atoms. The second kappa shape index (κ2) is 7.72. The van der Waals surface area contributed by atoms with E-state index in [2.05, 4.69) is 38.3 Å². The van der Waals surface area contributed by atoms with Crippen molar-refractivity contribution in [1.82, 2.24) is 19.9 Å². The zero-order valence-electron chi connectivity index (χ0n) is 19.3. The number of anilines is 3. The van der Waals surface area contributed by atoms with E-state index in [4.69, 9.17) is 10.7 Å². The van der Waals surface area contributed by atoms with Gasteiger partial charge >= 0.3 is 0 Å². The lowest BCUT2D eigenvalue weighted by atomic mass is 9.71. The van der Waals surface area contributed by atoms with Gasteiger partial charge in [0.25, 0.3) is 0 Å². The van der Waals surface area contributed by atoms with Gasteiger partial charge in [-0.25, -0.2) is 9.97 Å². The molecule has 0 bridgehead atoms. The fraction of sp³-hybridized carbons (Fsp3) is 0.440. The van der Waals surface area contributed by atoms with Gasteiger partial charge in [-0.1, -0.05) is 0 Å². The third kappa shape index (κ3) is 3.46. The summed E-state index contributed by atoms with van der Waals surface area (Å²) in [6.07, 6.45) is 5.06. The average molecular weight is 460 g/mol. The molecule has 1 unspecified atom stereocenters. The number of imide groups is 1. The Bertz CT molecular complexity index is 1270. The molecule has 9 nitrogen and oxygen atoms in total. The molecule has 3 aliphatic rings. The summed E-state index contributed by atoms with van der Waals surface area (Å²) in [5.41, 5.74) is 10.3. The van der Waals surface area contributed by atoms with Crippen molar-refractivity contribution < 1.29 is 9.59 Å². The molecule has 3 N–H and O–H groups in total. The van der Waals surface area contributed by atoms with Gasteiger partial charge in [0.05, 0.1) is 28.8 Å². The summed E-state index contributed by atoms with van der Waals surface area (Å²) in [6.45, 7) is 4.19. The van der Waals surface area contributed by atoms with Crippen LogP contribution in [0.2, 0.25) is 0 Å². The zero-order valence-corrected chi connectivity index (χ0v) is 19.3. The SMILES string of the molecule is Cn1c(C2CCC(=O)NC2=O)nc2ccc(N3CC4(CCN(c5ccc(N)nc5)CC4)C3)cc21. The van der Waals surface area contributed by atoms with Crippen molar-refractivity contribution in [3.8, 4) is 0 Å². The number of nitrogen functional groups attached to an aromatic ring is 1. The molecule has 0 aliphatic carbocycles. The van der Waals surface area contributed by atoms with Crippen LogP contribution in [0, 0.1) is 5.41 Å². The highest BCUT2D eigenvalue weighted by Gasteiger charge is 2.45. The van der Waals surface area contributed by atoms with E-state index in [0.29, 0.717) is 24.1 Å². The van der Waals surface area contributed by atoms with Gasteiger partial charge in [-0.15, -0.1) is 0 Å². The van der Waals surface area contributed by atoms with E-state index < -0.39 is 0 Å². The number of rotatable bonds is 3. The molecule has 1 atom stereocenters. The van der Waals surface area contributed by atoms with Crippen LogP contribution in [0.3, 0.4) is 0 Å². The predicted molar refractivity (Wildman–Crippen MR) is 131 cm³/mol. The van der Waals surface area contributed by atoms with Crippen LogP contribution in [0.5, 0.6) is 0 Å². The summed E-state index contributed by atoms with van der Waals surface area (Å²) >= 11 is 0. The third-order valence-corrected chi connectivity index (χ3v) is 7.83. The van der Waals surface area contributed by atoms with Crippen LogP contribution in [0.15, 0.2) is 36.5 Å². The van der Waals surface area contributed by atoms with Crippen LogP contribution >= 0.6 is 0 Å². The number of carbonyl (C=O) groups excluding carboxylic acids is 2. The van der Waals surface area contributed by atoms with Gasteiger partial charge in [-0.05, 0) is 49.6 Å². The fourth-order valence-corrected chi connectivity index (χ4v) is 5.73. The molecule has 3 saturated heterocycles. The summed E-state index contributed by atoms with van der Waals surface area (Å²) in [5.74, 6) is 0.446. The maximum atomic E-state index is 12.4. The molecular weight excluding hydrogens is 430 g/mol. The normalized spacial score (nSPS) is 22.2. The number of imidazole rings is 1. The van der Waals surface area contributed by atoms with Crippen LogP contribution in [0.25, 0.3) is 11.0 Å². The summed E-state index contributed by atoms with van der Waals surface area (Å²) < 4.78 is 2.01. The molecular formula is C25H29N7O2. The lowest BCUT2D eigenvalue weighted by Gasteiger charge is -2.55. The number of benzene rings is 1. The highest BCUT2D eigenvalue weighted by molar-refractivity contribution is 6.01. The van der Waals surface area contributed by atoms with Crippen molar-refractivity contribution >= 4 is 40.0 Å². The van der Waals surface area contributed by atoms with Crippen molar-refractivity contribution in [1.29, 1.82) is 0 Å². The van der Waals surface area contributed by atoms with E-state index in [-0.39, 0.29) is 17.7 Å². The largest absolute Gasteiger partial charge is 0.384 e. The monoisotopic (exact) mass is 459 g/mol. The average Bonchev–Trinajstić information content (AvgIpc) is 3.14. The summed E-state index contributed by atoms with van der Waals surface area (Å²) in [6, 6.07) is 10.3. The number of hydrogen-bond acceptors (Lipinski definition) is 7. The topological polar surface area (TPSA) is 109 Å². The van der Waals surface area contributed by atoms with Gasteiger partial charge in [0.15, 0.2) is 0 Å². The molecule has 3 fully saturated rings. The highest BCUT2D eigenvalue weighted by Crippen LogP contribution is 2.44. The van der Waals surface area contributed by atoms with Crippen molar-refractivity contribution in [3.63, 3.8) is 0 Å². The molecule has 6 rings (SSSR count). The lowest BCUT2D eigenvalue weighted by Crippen LogP contribution is -2.60. The Labute approximate surface area is 197 Å². The molecule has 176 valence electrons. The molecule has 5 heterocycles. The fourth-order valence-electron chi connectivity index (χ4n) is 5.73. The number of carbonyl (C=O) groups is 2. The van der Waals surface area contributed by atoms with Gasteiger partial charge in [-0.3, -0.25) is 14.9 Å². The van der Waals surface area contributed by atoms with Gasteiger partial charge in [-0.2, -0.15) is 0 Å². The van der Waals surface area contributed by atoms with E-state index >= 15 is 0 Å². The summed E-state index contributed by atoms with van der Waals surface area (Å²) in [7, 11) is 1.96. The molecule has 3 aliphatic heterocycles. The maximum absolute atomic E-state index is 12.4. The highest BCUT2D eigenvalue weighted by atomic mass is 16.2. The van der Waals surface area contributed by atoms with Crippen molar-refractivity contribution in [3.05, 3.63) is 42.4 Å². The Morgan fingerprint density at radius 1 is 1.06 bits per heavy atom. The molecule has 1 aromatic carbocycles. The Morgan fingerprint density at radius 3 is 2.53 bits per heavy atom. The minimum atomic E-state index is -0.382. The number of nitrogens with zero attached hydrogens (tertiary/aromatic N) is 5. The van der Waals surface area contributed by atoms with Crippen LogP contribution < -0.4 is 20.9 Å². The molecule has 34 heavy (non-hydrogen) atoms. The van der Waals surface area contributed by atoms with E-state index in [1.54, 1.807) is 0 Å². The molecule has 2 amide bonds. The van der Waals surface area contributed by atoms with Crippen molar-refractivity contribution in [2.24, 2.45) is 12.5 Å². The molecule has 3 aromatic rings. The number of hydrogen-bond donors (Lipinski definition) is 2. The third-order valence-electron chi connectivity index (χ3n) is 7.83. The number of aryl methyl sites for hydroxylation is 1. The first-order valence-corrected chi connectivity index (χ1v) is 11.9. The van der Waals surface area contributed by atoms with Crippen LogP contribution in [-0.2, 0) is 16.6 Å². The van der Waals surface area contributed by atoms with E-state index in [0.717, 1.165) is 48.7 Å². The molecule has 9 heteroatoms. The number of amides is 2. The van der Waals surface area contributed by atoms with Crippen LogP contribution in [0.1, 0.15) is 37.4 Å². The van der Waals surface area contributed by atoms with Crippen molar-refractivity contribution in [2.45, 2.75) is 31.6 Å². The van der Waals surface area contributed by atoms with Gasteiger partial charge in [0.2, 0.25) is 11.8 Å². The second-order valence-corrected chi connectivity index (χ2v) is 9.99. The Kier molecular flexibility index (Phi) is 4.75. The number of fused-ring (bicyclic) bond motifs is 1. The van der Waals surface area contributed by atoms with E-state index in [1.807, 2.05) is 29.9 Å². The van der Waals surface area contributed by atoms with E-state index in [9.17, 15) is 9.59 Å². The lowest BCUT2D eigenvalue weighted by molar-refractivity contribution is -0.134. The number of nitrogens with two attached hydrogens (primary N) is 1. The minimum absolute atomic E-state index is 0.204. The molecule has 2 aromatic heterocycles. The maximum Gasteiger partial charge on any atom is 0.237 e.